The van der Waals surface area contributed by atoms with Gasteiger partial charge in [0.15, 0.2) is 0 Å². The highest BCUT2D eigenvalue weighted by Crippen LogP contribution is 2.23. The third-order valence-electron chi connectivity index (χ3n) is 3.22. The first-order valence-electron chi connectivity index (χ1n) is 6.04. The maximum atomic E-state index is 13.7. The highest BCUT2D eigenvalue weighted by molar-refractivity contribution is 9.10. The largest absolute Gasteiger partial charge is 0.334 e. The van der Waals surface area contributed by atoms with Crippen LogP contribution in [0.1, 0.15) is 23.2 Å². The molecule has 5 nitrogen and oxygen atoms in total. The zero-order chi connectivity index (χ0) is 14.9. The van der Waals surface area contributed by atoms with E-state index in [1.54, 1.807) is 0 Å². The fraction of sp³-hybridized carbons (Fsp3) is 0.417. The van der Waals surface area contributed by atoms with E-state index < -0.39 is 27.8 Å². The van der Waals surface area contributed by atoms with Crippen molar-refractivity contribution in [3.63, 3.8) is 0 Å². The van der Waals surface area contributed by atoms with Gasteiger partial charge in [-0.15, -0.1) is 0 Å². The summed E-state index contributed by atoms with van der Waals surface area (Å²) in [6, 6.07) is 3.60. The van der Waals surface area contributed by atoms with E-state index >= 15 is 0 Å². The van der Waals surface area contributed by atoms with Crippen LogP contribution in [-0.2, 0) is 10.0 Å². The van der Waals surface area contributed by atoms with Crippen molar-refractivity contribution in [3.8, 4) is 0 Å². The Hall–Kier alpha value is -0.990. The van der Waals surface area contributed by atoms with Crippen LogP contribution in [-0.4, -0.2) is 37.6 Å². The molecule has 2 N–H and O–H groups in total. The molecule has 0 bridgehead atoms. The second-order valence-corrected chi connectivity index (χ2v) is 7.32. The van der Waals surface area contributed by atoms with Gasteiger partial charge in [-0.2, -0.15) is 0 Å². The average Bonchev–Trinajstić information content (AvgIpc) is 2.77. The molecule has 1 aromatic rings. The highest BCUT2D eigenvalue weighted by Gasteiger charge is 2.33. The fourth-order valence-electron chi connectivity index (χ4n) is 2.36. The molecule has 1 atom stereocenters. The number of likely N-dealkylation sites (tertiary alicyclic amines) is 1. The predicted molar refractivity (Wildman–Crippen MR) is 76.1 cm³/mol. The minimum atomic E-state index is -3.67. The lowest BCUT2D eigenvalue weighted by Gasteiger charge is -2.24. The van der Waals surface area contributed by atoms with Crippen molar-refractivity contribution in [1.82, 2.24) is 4.90 Å². The smallest absolute Gasteiger partial charge is 0.257 e. The summed E-state index contributed by atoms with van der Waals surface area (Å²) in [7, 11) is -3.67. The lowest BCUT2D eigenvalue weighted by Crippen LogP contribution is -2.41. The molecule has 0 radical (unpaired) electrons. The van der Waals surface area contributed by atoms with Crippen molar-refractivity contribution in [3.05, 3.63) is 34.1 Å². The lowest BCUT2D eigenvalue weighted by molar-refractivity contribution is 0.0744. The Morgan fingerprint density at radius 2 is 2.20 bits per heavy atom. The zero-order valence-corrected chi connectivity index (χ0v) is 13.0. The normalized spacial score (nSPS) is 19.4. The van der Waals surface area contributed by atoms with Crippen molar-refractivity contribution in [1.29, 1.82) is 0 Å². The van der Waals surface area contributed by atoms with E-state index in [0.29, 0.717) is 23.9 Å². The van der Waals surface area contributed by atoms with Crippen LogP contribution in [0, 0.1) is 5.82 Å². The van der Waals surface area contributed by atoms with Gasteiger partial charge in [-0.25, -0.2) is 17.9 Å². The fourth-order valence-corrected chi connectivity index (χ4v) is 3.60. The molecular weight excluding hydrogens is 351 g/mol. The summed E-state index contributed by atoms with van der Waals surface area (Å²) in [6.07, 6.45) is 1.24. The van der Waals surface area contributed by atoms with E-state index in [1.807, 2.05) is 0 Å². The summed E-state index contributed by atoms with van der Waals surface area (Å²) in [5, 5.41) is 5.02. The molecule has 1 aromatic carbocycles. The van der Waals surface area contributed by atoms with E-state index in [4.69, 9.17) is 5.14 Å². The first-order valence-corrected chi connectivity index (χ1v) is 8.55. The number of halogens is 2. The minimum absolute atomic E-state index is 0.0688. The standard InChI is InChI=1S/C12H14BrFN2O3S/c13-8-3-4-11(14)10(6-8)12(17)16-5-1-2-9(16)7-20(15,18)19/h3-4,6,9H,1-2,5,7H2,(H2,15,18,19). The van der Waals surface area contributed by atoms with E-state index in [9.17, 15) is 17.6 Å². The van der Waals surface area contributed by atoms with E-state index in [0.717, 1.165) is 0 Å². The summed E-state index contributed by atoms with van der Waals surface area (Å²) in [6.45, 7) is 0.408. The Balaban J connectivity index is 2.25. The van der Waals surface area contributed by atoms with Gasteiger partial charge in [0, 0.05) is 17.1 Å². The Kier molecular flexibility index (Phi) is 4.46. The van der Waals surface area contributed by atoms with Crippen molar-refractivity contribution >= 4 is 31.9 Å². The molecule has 1 aliphatic heterocycles. The molecule has 0 spiro atoms. The molecule has 1 amide bonds. The number of amides is 1. The van der Waals surface area contributed by atoms with Crippen LogP contribution in [0.3, 0.4) is 0 Å². The van der Waals surface area contributed by atoms with Crippen LogP contribution < -0.4 is 5.14 Å². The Morgan fingerprint density at radius 3 is 2.85 bits per heavy atom. The molecule has 1 fully saturated rings. The number of rotatable bonds is 3. The van der Waals surface area contributed by atoms with Gasteiger partial charge in [0.25, 0.3) is 5.91 Å². The number of nitrogens with two attached hydrogens (primary N) is 1. The molecule has 1 aliphatic rings. The molecule has 1 saturated heterocycles. The van der Waals surface area contributed by atoms with Crippen molar-refractivity contribution in [2.75, 3.05) is 12.3 Å². The number of nitrogens with zero attached hydrogens (tertiary/aromatic N) is 1. The molecule has 0 aromatic heterocycles. The van der Waals surface area contributed by atoms with Crippen molar-refractivity contribution in [2.45, 2.75) is 18.9 Å². The summed E-state index contributed by atoms with van der Waals surface area (Å²) in [5.41, 5.74) is -0.0688. The Bertz CT molecular complexity index is 636. The predicted octanol–water partition coefficient (Wildman–Crippen LogP) is 1.48. The molecule has 20 heavy (non-hydrogen) atoms. The van der Waals surface area contributed by atoms with Gasteiger partial charge >= 0.3 is 0 Å². The number of sulfonamides is 1. The Morgan fingerprint density at radius 1 is 1.50 bits per heavy atom. The van der Waals surface area contributed by atoms with E-state index in [1.165, 1.54) is 23.1 Å². The van der Waals surface area contributed by atoms with Gasteiger partial charge in [-0.05, 0) is 31.0 Å². The highest BCUT2D eigenvalue weighted by atomic mass is 79.9. The first-order chi connectivity index (χ1) is 9.28. The number of primary sulfonamides is 1. The summed E-state index contributed by atoms with van der Waals surface area (Å²) < 4.78 is 36.7. The maximum Gasteiger partial charge on any atom is 0.257 e. The topological polar surface area (TPSA) is 80.5 Å². The van der Waals surface area contributed by atoms with Gasteiger partial charge in [0.1, 0.15) is 5.82 Å². The SMILES string of the molecule is NS(=O)(=O)CC1CCCN1C(=O)c1cc(Br)ccc1F. The van der Waals surface area contributed by atoms with Gasteiger partial charge < -0.3 is 4.90 Å². The summed E-state index contributed by atoms with van der Waals surface area (Å²) in [4.78, 5) is 13.7. The minimum Gasteiger partial charge on any atom is -0.334 e. The zero-order valence-electron chi connectivity index (χ0n) is 10.6. The summed E-state index contributed by atoms with van der Waals surface area (Å²) >= 11 is 3.18. The van der Waals surface area contributed by atoms with Crippen LogP contribution >= 0.6 is 15.9 Å². The number of carbonyl (C=O) groups excluding carboxylic acids is 1. The third-order valence-corrected chi connectivity index (χ3v) is 4.56. The number of hydrogen-bond acceptors (Lipinski definition) is 3. The monoisotopic (exact) mass is 364 g/mol. The molecule has 0 aliphatic carbocycles. The van der Waals surface area contributed by atoms with Gasteiger partial charge in [-0.1, -0.05) is 15.9 Å². The van der Waals surface area contributed by atoms with E-state index in [2.05, 4.69) is 15.9 Å². The maximum absolute atomic E-state index is 13.7. The molecule has 8 heteroatoms. The van der Waals surface area contributed by atoms with Crippen LogP contribution in [0.15, 0.2) is 22.7 Å². The molecule has 1 heterocycles. The molecular formula is C12H14BrFN2O3S. The second-order valence-electron chi connectivity index (χ2n) is 4.75. The number of benzene rings is 1. The van der Waals surface area contributed by atoms with Crippen molar-refractivity contribution in [2.24, 2.45) is 5.14 Å². The lowest BCUT2D eigenvalue weighted by atomic mass is 10.1. The van der Waals surface area contributed by atoms with E-state index in [-0.39, 0.29) is 11.3 Å². The van der Waals surface area contributed by atoms with Gasteiger partial charge in [-0.3, -0.25) is 4.79 Å². The Labute approximate surface area is 125 Å². The van der Waals surface area contributed by atoms with Crippen LogP contribution in [0.25, 0.3) is 0 Å². The number of hydrogen-bond donors (Lipinski definition) is 1. The molecule has 2 rings (SSSR count). The van der Waals surface area contributed by atoms with Crippen molar-refractivity contribution < 1.29 is 17.6 Å². The summed E-state index contributed by atoms with van der Waals surface area (Å²) in [5.74, 6) is -1.43. The van der Waals surface area contributed by atoms with Gasteiger partial charge in [0.2, 0.25) is 10.0 Å². The van der Waals surface area contributed by atoms with Gasteiger partial charge in [0.05, 0.1) is 11.3 Å². The number of carbonyl (C=O) groups is 1. The van der Waals surface area contributed by atoms with Crippen LogP contribution in [0.2, 0.25) is 0 Å². The van der Waals surface area contributed by atoms with Crippen LogP contribution in [0.5, 0.6) is 0 Å². The van der Waals surface area contributed by atoms with Crippen LogP contribution in [0.4, 0.5) is 4.39 Å². The first kappa shape index (κ1) is 15.4. The second kappa shape index (κ2) is 5.79. The molecule has 110 valence electrons. The third kappa shape index (κ3) is 3.56. The average molecular weight is 365 g/mol. The molecule has 1 unspecified atom stereocenters. The molecule has 0 saturated carbocycles. The quantitative estimate of drug-likeness (QED) is 0.881.